The number of nitrogens with one attached hydrogen (secondary N) is 2. The molecule has 106 valence electrons. The van der Waals surface area contributed by atoms with Crippen LogP contribution in [0.5, 0.6) is 0 Å². The molecule has 1 aromatic heterocycles. The highest BCUT2D eigenvalue weighted by atomic mass is 16.1. The van der Waals surface area contributed by atoms with Crippen molar-refractivity contribution in [2.45, 2.75) is 13.0 Å². The third-order valence-corrected chi connectivity index (χ3v) is 2.91. The van der Waals surface area contributed by atoms with E-state index in [9.17, 15) is 4.79 Å². The van der Waals surface area contributed by atoms with E-state index in [-0.39, 0.29) is 5.91 Å². The summed E-state index contributed by atoms with van der Waals surface area (Å²) in [5.41, 5.74) is 2.15. The van der Waals surface area contributed by atoms with Crippen LogP contribution in [0.3, 0.4) is 0 Å². The van der Waals surface area contributed by atoms with Crippen molar-refractivity contribution in [1.29, 1.82) is 5.26 Å². The molecule has 0 aliphatic carbocycles. The van der Waals surface area contributed by atoms with Gasteiger partial charge in [0.25, 0.3) is 0 Å². The maximum atomic E-state index is 11.7. The van der Waals surface area contributed by atoms with Gasteiger partial charge >= 0.3 is 0 Å². The quantitative estimate of drug-likeness (QED) is 0.849. The van der Waals surface area contributed by atoms with E-state index >= 15 is 0 Å². The highest BCUT2D eigenvalue weighted by molar-refractivity contribution is 5.76. The Labute approximate surface area is 123 Å². The molecule has 0 aliphatic heterocycles. The molecule has 0 unspecified atom stereocenters. The first-order valence-corrected chi connectivity index (χ1v) is 6.69. The van der Waals surface area contributed by atoms with Gasteiger partial charge in [-0.25, -0.2) is 0 Å². The van der Waals surface area contributed by atoms with Gasteiger partial charge < -0.3 is 10.6 Å². The topological polar surface area (TPSA) is 77.8 Å². The lowest BCUT2D eigenvalue weighted by molar-refractivity contribution is -0.121. The number of hydrogen-bond acceptors (Lipinski definition) is 4. The molecular formula is C16H16N4O. The van der Waals surface area contributed by atoms with Crippen molar-refractivity contribution in [2.24, 2.45) is 0 Å². The lowest BCUT2D eigenvalue weighted by Crippen LogP contribution is -2.25. The van der Waals surface area contributed by atoms with Crippen LogP contribution in [0.25, 0.3) is 0 Å². The normalized spacial score (nSPS) is 9.67. The van der Waals surface area contributed by atoms with E-state index < -0.39 is 0 Å². The van der Waals surface area contributed by atoms with E-state index in [1.807, 2.05) is 36.4 Å². The van der Waals surface area contributed by atoms with E-state index in [0.717, 1.165) is 11.4 Å². The molecule has 1 amide bonds. The Bertz CT molecular complexity index is 634. The predicted octanol–water partition coefficient (Wildman–Crippen LogP) is 2.07. The molecule has 0 aliphatic rings. The molecular weight excluding hydrogens is 264 g/mol. The lowest BCUT2D eigenvalue weighted by Gasteiger charge is -2.08. The van der Waals surface area contributed by atoms with Crippen molar-refractivity contribution in [3.05, 3.63) is 59.9 Å². The van der Waals surface area contributed by atoms with Crippen LogP contribution < -0.4 is 10.6 Å². The maximum absolute atomic E-state index is 11.7. The van der Waals surface area contributed by atoms with Gasteiger partial charge in [-0.05, 0) is 24.3 Å². The van der Waals surface area contributed by atoms with Crippen LogP contribution in [0, 0.1) is 11.3 Å². The minimum absolute atomic E-state index is 0.0532. The molecule has 2 N–H and O–H groups in total. The van der Waals surface area contributed by atoms with Gasteiger partial charge in [0, 0.05) is 19.2 Å². The summed E-state index contributed by atoms with van der Waals surface area (Å²) in [6, 6.07) is 14.9. The Morgan fingerprint density at radius 2 is 2.00 bits per heavy atom. The zero-order valence-electron chi connectivity index (χ0n) is 11.5. The van der Waals surface area contributed by atoms with Crippen molar-refractivity contribution in [3.8, 4) is 6.07 Å². The van der Waals surface area contributed by atoms with Crippen LogP contribution in [-0.4, -0.2) is 17.4 Å². The third kappa shape index (κ3) is 4.62. The molecule has 2 aromatic rings. The minimum Gasteiger partial charge on any atom is -0.383 e. The first-order chi connectivity index (χ1) is 10.3. The van der Waals surface area contributed by atoms with E-state index in [4.69, 9.17) is 5.26 Å². The Morgan fingerprint density at radius 3 is 2.76 bits per heavy atom. The Morgan fingerprint density at radius 1 is 1.19 bits per heavy atom. The average Bonchev–Trinajstić information content (AvgIpc) is 2.54. The standard InChI is InChI=1S/C16H16N4O/c17-11-13-5-1-2-7-15(13)19-10-8-16(21)20-12-14-6-3-4-9-18-14/h1-7,9,19H,8,10,12H2,(H,20,21). The molecule has 0 saturated carbocycles. The molecule has 0 fully saturated rings. The van der Waals surface area contributed by atoms with Gasteiger partial charge in [0.15, 0.2) is 0 Å². The SMILES string of the molecule is N#Cc1ccccc1NCCC(=O)NCc1ccccn1. The van der Waals surface area contributed by atoms with Crippen molar-refractivity contribution < 1.29 is 4.79 Å². The molecule has 0 spiro atoms. The van der Waals surface area contributed by atoms with Crippen molar-refractivity contribution in [3.63, 3.8) is 0 Å². The van der Waals surface area contributed by atoms with Crippen molar-refractivity contribution in [2.75, 3.05) is 11.9 Å². The van der Waals surface area contributed by atoms with E-state index in [2.05, 4.69) is 21.7 Å². The summed E-state index contributed by atoms with van der Waals surface area (Å²) < 4.78 is 0. The number of pyridine rings is 1. The van der Waals surface area contributed by atoms with Crippen LogP contribution in [0.15, 0.2) is 48.7 Å². The van der Waals surface area contributed by atoms with Crippen LogP contribution >= 0.6 is 0 Å². The monoisotopic (exact) mass is 280 g/mol. The average molecular weight is 280 g/mol. The Kier molecular flexibility index (Phi) is 5.30. The third-order valence-electron chi connectivity index (χ3n) is 2.91. The largest absolute Gasteiger partial charge is 0.383 e. The van der Waals surface area contributed by atoms with Crippen LogP contribution in [0.4, 0.5) is 5.69 Å². The van der Waals surface area contributed by atoms with Gasteiger partial charge in [-0.3, -0.25) is 9.78 Å². The summed E-state index contributed by atoms with van der Waals surface area (Å²) >= 11 is 0. The zero-order valence-corrected chi connectivity index (χ0v) is 11.5. The number of aromatic nitrogens is 1. The first-order valence-electron chi connectivity index (χ1n) is 6.69. The molecule has 5 heteroatoms. The molecule has 2 rings (SSSR count). The minimum atomic E-state index is -0.0532. The number of carbonyl (C=O) groups is 1. The van der Waals surface area contributed by atoms with Gasteiger partial charge in [0.05, 0.1) is 23.5 Å². The zero-order chi connectivity index (χ0) is 14.9. The molecule has 0 radical (unpaired) electrons. The number of benzene rings is 1. The van der Waals surface area contributed by atoms with Gasteiger partial charge in [0.1, 0.15) is 6.07 Å². The molecule has 5 nitrogen and oxygen atoms in total. The van der Waals surface area contributed by atoms with E-state index in [1.54, 1.807) is 12.3 Å². The molecule has 21 heavy (non-hydrogen) atoms. The van der Waals surface area contributed by atoms with Gasteiger partial charge in [-0.1, -0.05) is 18.2 Å². The molecule has 1 heterocycles. The maximum Gasteiger partial charge on any atom is 0.222 e. The second kappa shape index (κ2) is 7.65. The van der Waals surface area contributed by atoms with Gasteiger partial charge in [0.2, 0.25) is 5.91 Å². The highest BCUT2D eigenvalue weighted by Gasteiger charge is 2.03. The number of para-hydroxylation sites is 1. The fourth-order valence-corrected chi connectivity index (χ4v) is 1.83. The number of nitrogens with zero attached hydrogens (tertiary/aromatic N) is 2. The lowest BCUT2D eigenvalue weighted by atomic mass is 10.2. The van der Waals surface area contributed by atoms with E-state index in [1.165, 1.54) is 0 Å². The van der Waals surface area contributed by atoms with Crippen LogP contribution in [0.2, 0.25) is 0 Å². The van der Waals surface area contributed by atoms with Gasteiger partial charge in [-0.2, -0.15) is 5.26 Å². The number of nitriles is 1. The molecule has 0 bridgehead atoms. The number of hydrogen-bond donors (Lipinski definition) is 2. The second-order valence-corrected chi connectivity index (χ2v) is 4.43. The fraction of sp³-hybridized carbons (Fsp3) is 0.188. The summed E-state index contributed by atoms with van der Waals surface area (Å²) in [6.07, 6.45) is 2.04. The highest BCUT2D eigenvalue weighted by Crippen LogP contribution is 2.13. The first kappa shape index (κ1) is 14.5. The second-order valence-electron chi connectivity index (χ2n) is 4.43. The molecule has 0 atom stereocenters. The summed E-state index contributed by atoms with van der Waals surface area (Å²) in [7, 11) is 0. The number of rotatable bonds is 6. The summed E-state index contributed by atoms with van der Waals surface area (Å²) in [5.74, 6) is -0.0532. The summed E-state index contributed by atoms with van der Waals surface area (Å²) in [5, 5.41) is 14.9. The summed E-state index contributed by atoms with van der Waals surface area (Å²) in [4.78, 5) is 15.9. The summed E-state index contributed by atoms with van der Waals surface area (Å²) in [6.45, 7) is 0.904. The molecule has 1 aromatic carbocycles. The Hall–Kier alpha value is -2.87. The van der Waals surface area contributed by atoms with Crippen LogP contribution in [0.1, 0.15) is 17.7 Å². The number of anilines is 1. The van der Waals surface area contributed by atoms with Crippen molar-refractivity contribution >= 4 is 11.6 Å². The van der Waals surface area contributed by atoms with Crippen molar-refractivity contribution in [1.82, 2.24) is 10.3 Å². The van der Waals surface area contributed by atoms with Gasteiger partial charge in [-0.15, -0.1) is 0 Å². The van der Waals surface area contributed by atoms with Crippen LogP contribution in [-0.2, 0) is 11.3 Å². The number of amides is 1. The predicted molar refractivity (Wildman–Crippen MR) is 80.3 cm³/mol. The van der Waals surface area contributed by atoms with E-state index in [0.29, 0.717) is 25.1 Å². The molecule has 0 saturated heterocycles. The Balaban J connectivity index is 1.73. The number of carbonyl (C=O) groups excluding carboxylic acids is 1. The fourth-order valence-electron chi connectivity index (χ4n) is 1.83. The smallest absolute Gasteiger partial charge is 0.222 e.